The molecule has 2 rings (SSSR count). The topological polar surface area (TPSA) is 22.1 Å². The van der Waals surface area contributed by atoms with Crippen LogP contribution >= 0.6 is 0 Å². The summed E-state index contributed by atoms with van der Waals surface area (Å²) in [6, 6.07) is 9.49. The number of benzene rings is 1. The van der Waals surface area contributed by atoms with Crippen LogP contribution in [0.3, 0.4) is 0 Å². The molecule has 0 saturated carbocycles. The van der Waals surface area contributed by atoms with Gasteiger partial charge >= 0.3 is 6.36 Å². The Hall–Kier alpha value is -2.04. The lowest BCUT2D eigenvalue weighted by Crippen LogP contribution is -2.16. The number of nitrogens with zero attached hydrogens (tertiary/aromatic N) is 1. The van der Waals surface area contributed by atoms with Crippen LogP contribution in [-0.2, 0) is 0 Å². The summed E-state index contributed by atoms with van der Waals surface area (Å²) in [7, 11) is 0. The van der Waals surface area contributed by atoms with Gasteiger partial charge < -0.3 is 4.74 Å². The van der Waals surface area contributed by atoms with E-state index in [1.807, 2.05) is 26.0 Å². The summed E-state index contributed by atoms with van der Waals surface area (Å²) in [6.07, 6.45) is -4.67. The highest BCUT2D eigenvalue weighted by molar-refractivity contribution is 5.61. The second-order valence-electron chi connectivity index (χ2n) is 4.24. The number of halogens is 3. The Labute approximate surface area is 108 Å². The molecular weight excluding hydrogens is 255 g/mol. The molecule has 0 N–H and O–H groups in total. The van der Waals surface area contributed by atoms with Crippen LogP contribution in [0.5, 0.6) is 5.75 Å². The highest BCUT2D eigenvalue weighted by Gasteiger charge is 2.30. The zero-order valence-electron chi connectivity index (χ0n) is 10.5. The fraction of sp³-hybridized carbons (Fsp3) is 0.214. The molecule has 0 aliphatic rings. The van der Waals surface area contributed by atoms with Crippen molar-refractivity contribution in [1.29, 1.82) is 0 Å². The Morgan fingerprint density at radius 3 is 2.16 bits per heavy atom. The molecule has 0 unspecified atom stereocenters. The molecule has 0 bridgehead atoms. The quantitative estimate of drug-likeness (QED) is 0.810. The SMILES string of the molecule is Cc1cc(C)nc(-c2ccc(OC(F)(F)F)cc2)c1. The van der Waals surface area contributed by atoms with Crippen LogP contribution in [0.1, 0.15) is 11.3 Å². The van der Waals surface area contributed by atoms with E-state index in [1.165, 1.54) is 12.1 Å². The van der Waals surface area contributed by atoms with E-state index in [2.05, 4.69) is 9.72 Å². The molecule has 0 aliphatic heterocycles. The molecule has 19 heavy (non-hydrogen) atoms. The van der Waals surface area contributed by atoms with E-state index in [0.29, 0.717) is 0 Å². The maximum Gasteiger partial charge on any atom is 0.573 e. The van der Waals surface area contributed by atoms with Gasteiger partial charge in [0.05, 0.1) is 5.69 Å². The van der Waals surface area contributed by atoms with Crippen LogP contribution in [0.25, 0.3) is 11.3 Å². The second kappa shape index (κ2) is 4.91. The highest BCUT2D eigenvalue weighted by Crippen LogP contribution is 2.26. The Kier molecular flexibility index (Phi) is 3.46. The number of aryl methyl sites for hydroxylation is 2. The predicted molar refractivity (Wildman–Crippen MR) is 65.8 cm³/mol. The Balaban J connectivity index is 2.27. The van der Waals surface area contributed by atoms with Gasteiger partial charge in [-0.25, -0.2) is 0 Å². The van der Waals surface area contributed by atoms with Crippen molar-refractivity contribution < 1.29 is 17.9 Å². The lowest BCUT2D eigenvalue weighted by molar-refractivity contribution is -0.274. The first kappa shape index (κ1) is 13.4. The van der Waals surface area contributed by atoms with Crippen LogP contribution < -0.4 is 4.74 Å². The molecule has 0 radical (unpaired) electrons. The van der Waals surface area contributed by atoms with Crippen molar-refractivity contribution in [1.82, 2.24) is 4.98 Å². The van der Waals surface area contributed by atoms with Crippen molar-refractivity contribution >= 4 is 0 Å². The average molecular weight is 267 g/mol. The Morgan fingerprint density at radius 2 is 1.63 bits per heavy atom. The number of rotatable bonds is 2. The smallest absolute Gasteiger partial charge is 0.406 e. The summed E-state index contributed by atoms with van der Waals surface area (Å²) in [4.78, 5) is 4.35. The van der Waals surface area contributed by atoms with Gasteiger partial charge in [0.25, 0.3) is 0 Å². The first-order valence-corrected chi connectivity index (χ1v) is 5.65. The maximum atomic E-state index is 12.0. The summed E-state index contributed by atoms with van der Waals surface area (Å²) in [5.41, 5.74) is 3.40. The van der Waals surface area contributed by atoms with Crippen LogP contribution in [0, 0.1) is 13.8 Å². The summed E-state index contributed by atoms with van der Waals surface area (Å²) in [5.74, 6) is -0.236. The van der Waals surface area contributed by atoms with E-state index >= 15 is 0 Å². The molecule has 0 amide bonds. The minimum atomic E-state index is -4.67. The molecule has 1 aromatic carbocycles. The fourth-order valence-electron chi connectivity index (χ4n) is 1.82. The first-order chi connectivity index (χ1) is 8.83. The Morgan fingerprint density at radius 1 is 1.00 bits per heavy atom. The molecule has 0 fully saturated rings. The highest BCUT2D eigenvalue weighted by atomic mass is 19.4. The summed E-state index contributed by atoms with van der Waals surface area (Å²) >= 11 is 0. The number of hydrogen-bond acceptors (Lipinski definition) is 2. The van der Waals surface area contributed by atoms with Crippen LogP contribution in [0.4, 0.5) is 13.2 Å². The molecule has 100 valence electrons. The van der Waals surface area contributed by atoms with Crippen LogP contribution in [-0.4, -0.2) is 11.3 Å². The summed E-state index contributed by atoms with van der Waals surface area (Å²) < 4.78 is 39.9. The van der Waals surface area contributed by atoms with Gasteiger partial charge in [0, 0.05) is 11.3 Å². The zero-order chi connectivity index (χ0) is 14.0. The van der Waals surface area contributed by atoms with E-state index in [9.17, 15) is 13.2 Å². The summed E-state index contributed by atoms with van der Waals surface area (Å²) in [5, 5.41) is 0. The zero-order valence-corrected chi connectivity index (χ0v) is 10.5. The average Bonchev–Trinajstić information content (AvgIpc) is 2.26. The maximum absolute atomic E-state index is 12.0. The predicted octanol–water partition coefficient (Wildman–Crippen LogP) is 4.26. The molecular formula is C14H12F3NO. The second-order valence-corrected chi connectivity index (χ2v) is 4.24. The van der Waals surface area contributed by atoms with Crippen LogP contribution in [0.2, 0.25) is 0 Å². The van der Waals surface area contributed by atoms with Gasteiger partial charge in [-0.15, -0.1) is 13.2 Å². The fourth-order valence-corrected chi connectivity index (χ4v) is 1.82. The van der Waals surface area contributed by atoms with Gasteiger partial charge in [-0.3, -0.25) is 4.98 Å². The molecule has 5 heteroatoms. The van der Waals surface area contributed by atoms with Crippen molar-refractivity contribution in [3.8, 4) is 17.0 Å². The van der Waals surface area contributed by atoms with E-state index in [-0.39, 0.29) is 5.75 Å². The standard InChI is InChI=1S/C14H12F3NO/c1-9-7-10(2)18-13(8-9)11-3-5-12(6-4-11)19-14(15,16)17/h3-8H,1-2H3. The van der Waals surface area contributed by atoms with Gasteiger partial charge in [0.1, 0.15) is 5.75 Å². The number of aromatic nitrogens is 1. The minimum Gasteiger partial charge on any atom is -0.406 e. The minimum absolute atomic E-state index is 0.236. The van der Waals surface area contributed by atoms with Crippen molar-refractivity contribution in [3.05, 3.63) is 47.7 Å². The molecule has 2 aromatic rings. The molecule has 0 spiro atoms. The Bertz CT molecular complexity index is 556. The number of pyridine rings is 1. The van der Waals surface area contributed by atoms with E-state index < -0.39 is 6.36 Å². The van der Waals surface area contributed by atoms with Crippen LogP contribution in [0.15, 0.2) is 36.4 Å². The lowest BCUT2D eigenvalue weighted by atomic mass is 10.1. The van der Waals surface area contributed by atoms with Gasteiger partial charge in [-0.1, -0.05) is 0 Å². The number of ether oxygens (including phenoxy) is 1. The monoisotopic (exact) mass is 267 g/mol. The third-order valence-corrected chi connectivity index (χ3v) is 2.48. The number of alkyl halides is 3. The molecule has 2 nitrogen and oxygen atoms in total. The third kappa shape index (κ3) is 3.71. The molecule has 0 atom stereocenters. The largest absolute Gasteiger partial charge is 0.573 e. The van der Waals surface area contributed by atoms with Gasteiger partial charge in [-0.05, 0) is 55.8 Å². The summed E-state index contributed by atoms with van der Waals surface area (Å²) in [6.45, 7) is 3.82. The molecule has 0 aliphatic carbocycles. The van der Waals surface area contributed by atoms with Crippen molar-refractivity contribution in [2.45, 2.75) is 20.2 Å². The van der Waals surface area contributed by atoms with E-state index in [1.54, 1.807) is 12.1 Å². The number of hydrogen-bond donors (Lipinski definition) is 0. The van der Waals surface area contributed by atoms with Crippen molar-refractivity contribution in [2.24, 2.45) is 0 Å². The third-order valence-electron chi connectivity index (χ3n) is 2.48. The lowest BCUT2D eigenvalue weighted by Gasteiger charge is -2.09. The van der Waals surface area contributed by atoms with Crippen molar-refractivity contribution in [2.75, 3.05) is 0 Å². The van der Waals surface area contributed by atoms with Gasteiger partial charge in [0.15, 0.2) is 0 Å². The van der Waals surface area contributed by atoms with Crippen molar-refractivity contribution in [3.63, 3.8) is 0 Å². The molecule has 0 saturated heterocycles. The molecule has 1 heterocycles. The first-order valence-electron chi connectivity index (χ1n) is 5.65. The van der Waals surface area contributed by atoms with Gasteiger partial charge in [0.2, 0.25) is 0 Å². The van der Waals surface area contributed by atoms with E-state index in [4.69, 9.17) is 0 Å². The molecule has 1 aromatic heterocycles. The normalized spacial score (nSPS) is 11.4. The van der Waals surface area contributed by atoms with Gasteiger partial charge in [-0.2, -0.15) is 0 Å². The van der Waals surface area contributed by atoms with E-state index in [0.717, 1.165) is 22.5 Å².